The molecule has 0 fully saturated rings. The number of methoxy groups -OCH3 is 1. The Morgan fingerprint density at radius 1 is 1.00 bits per heavy atom. The number of nitrogens with zero attached hydrogens (tertiary/aromatic N) is 3. The molecule has 0 saturated carbocycles. The molecule has 0 unspecified atom stereocenters. The largest absolute Gasteiger partial charge is 0.490 e. The Labute approximate surface area is 128 Å². The van der Waals surface area contributed by atoms with E-state index in [1.54, 1.807) is 6.07 Å². The topological polar surface area (TPSA) is 66.4 Å². The molecule has 0 aliphatic carbocycles. The summed E-state index contributed by atoms with van der Waals surface area (Å²) in [5.41, 5.74) is 0.740. The van der Waals surface area contributed by atoms with Crippen LogP contribution in [-0.2, 0) is 0 Å². The SMILES string of the molecule is CCOc1ccc(-c2nc(Cl)nc(OC)n2)cc1OCC. The Kier molecular flexibility index (Phi) is 5.16. The summed E-state index contributed by atoms with van der Waals surface area (Å²) in [4.78, 5) is 12.1. The number of halogens is 1. The Morgan fingerprint density at radius 3 is 2.38 bits per heavy atom. The summed E-state index contributed by atoms with van der Waals surface area (Å²) in [6.07, 6.45) is 0. The molecule has 1 aromatic heterocycles. The van der Waals surface area contributed by atoms with E-state index in [0.29, 0.717) is 30.5 Å². The maximum atomic E-state index is 5.86. The van der Waals surface area contributed by atoms with E-state index in [9.17, 15) is 0 Å². The smallest absolute Gasteiger partial charge is 0.321 e. The summed E-state index contributed by atoms with van der Waals surface area (Å²) in [6, 6.07) is 5.61. The molecule has 1 heterocycles. The zero-order chi connectivity index (χ0) is 15.2. The number of ether oxygens (including phenoxy) is 3. The Morgan fingerprint density at radius 2 is 1.71 bits per heavy atom. The average Bonchev–Trinajstić information content (AvgIpc) is 2.48. The number of rotatable bonds is 6. The molecule has 2 aromatic rings. The molecule has 0 atom stereocenters. The van der Waals surface area contributed by atoms with Gasteiger partial charge in [-0.2, -0.15) is 15.0 Å². The van der Waals surface area contributed by atoms with Crippen LogP contribution in [0.15, 0.2) is 18.2 Å². The highest BCUT2D eigenvalue weighted by atomic mass is 35.5. The molecule has 1 aromatic carbocycles. The third-order valence-electron chi connectivity index (χ3n) is 2.57. The number of benzene rings is 1. The minimum atomic E-state index is 0.0729. The Balaban J connectivity index is 2.44. The van der Waals surface area contributed by atoms with E-state index in [2.05, 4.69) is 15.0 Å². The molecule has 0 bridgehead atoms. The molecule has 0 saturated heterocycles. The maximum absolute atomic E-state index is 5.86. The lowest BCUT2D eigenvalue weighted by molar-refractivity contribution is 0.288. The van der Waals surface area contributed by atoms with E-state index >= 15 is 0 Å². The van der Waals surface area contributed by atoms with Crippen LogP contribution in [0.1, 0.15) is 13.8 Å². The molecule has 0 radical (unpaired) electrons. The van der Waals surface area contributed by atoms with E-state index in [1.165, 1.54) is 7.11 Å². The molecule has 0 aliphatic heterocycles. The number of hydrogen-bond donors (Lipinski definition) is 0. The fourth-order valence-electron chi connectivity index (χ4n) is 1.74. The van der Waals surface area contributed by atoms with Gasteiger partial charge in [0.05, 0.1) is 20.3 Å². The van der Waals surface area contributed by atoms with Gasteiger partial charge < -0.3 is 14.2 Å². The van der Waals surface area contributed by atoms with Crippen molar-refractivity contribution in [1.29, 1.82) is 0 Å². The number of hydrogen-bond acceptors (Lipinski definition) is 6. The third kappa shape index (κ3) is 3.72. The first-order chi connectivity index (χ1) is 10.2. The molecule has 0 spiro atoms. The first kappa shape index (κ1) is 15.3. The lowest BCUT2D eigenvalue weighted by Crippen LogP contribution is -2.00. The normalized spacial score (nSPS) is 10.3. The van der Waals surface area contributed by atoms with Gasteiger partial charge in [0.15, 0.2) is 17.3 Å². The van der Waals surface area contributed by atoms with Gasteiger partial charge >= 0.3 is 6.01 Å². The second kappa shape index (κ2) is 7.08. The minimum Gasteiger partial charge on any atom is -0.490 e. The molecule has 6 nitrogen and oxygen atoms in total. The van der Waals surface area contributed by atoms with Crippen molar-refractivity contribution in [2.45, 2.75) is 13.8 Å². The first-order valence-corrected chi connectivity index (χ1v) is 6.91. The van der Waals surface area contributed by atoms with Crippen molar-refractivity contribution in [3.8, 4) is 28.9 Å². The van der Waals surface area contributed by atoms with Gasteiger partial charge in [-0.05, 0) is 43.6 Å². The summed E-state index contributed by atoms with van der Waals surface area (Å²) < 4.78 is 16.1. The van der Waals surface area contributed by atoms with Gasteiger partial charge in [-0.3, -0.25) is 0 Å². The van der Waals surface area contributed by atoms with Crippen LogP contribution in [0, 0.1) is 0 Å². The zero-order valence-corrected chi connectivity index (χ0v) is 12.8. The quantitative estimate of drug-likeness (QED) is 0.817. The van der Waals surface area contributed by atoms with Crippen molar-refractivity contribution in [1.82, 2.24) is 15.0 Å². The Bertz CT molecular complexity index is 622. The van der Waals surface area contributed by atoms with Gasteiger partial charge in [0, 0.05) is 5.56 Å². The van der Waals surface area contributed by atoms with Crippen LogP contribution in [0.25, 0.3) is 11.4 Å². The van der Waals surface area contributed by atoms with E-state index < -0.39 is 0 Å². The van der Waals surface area contributed by atoms with E-state index in [0.717, 1.165) is 5.56 Å². The van der Waals surface area contributed by atoms with Crippen LogP contribution in [0.4, 0.5) is 0 Å². The summed E-state index contributed by atoms with van der Waals surface area (Å²) in [5, 5.41) is 0.0729. The second-order valence-corrected chi connectivity index (χ2v) is 4.28. The van der Waals surface area contributed by atoms with Crippen LogP contribution in [0.5, 0.6) is 17.5 Å². The van der Waals surface area contributed by atoms with Gasteiger partial charge in [-0.15, -0.1) is 0 Å². The van der Waals surface area contributed by atoms with Gasteiger partial charge in [0.1, 0.15) is 0 Å². The van der Waals surface area contributed by atoms with Crippen LogP contribution < -0.4 is 14.2 Å². The highest BCUT2D eigenvalue weighted by Crippen LogP contribution is 2.32. The second-order valence-electron chi connectivity index (χ2n) is 3.94. The van der Waals surface area contributed by atoms with Gasteiger partial charge in [-0.25, -0.2) is 0 Å². The Hall–Kier alpha value is -2.08. The highest BCUT2D eigenvalue weighted by Gasteiger charge is 2.12. The molecule has 7 heteroatoms. The molecular formula is C14H16ClN3O3. The molecule has 2 rings (SSSR count). The van der Waals surface area contributed by atoms with Crippen molar-refractivity contribution < 1.29 is 14.2 Å². The average molecular weight is 310 g/mol. The molecule has 21 heavy (non-hydrogen) atoms. The van der Waals surface area contributed by atoms with Crippen LogP contribution in [0.2, 0.25) is 5.28 Å². The van der Waals surface area contributed by atoms with Crippen molar-refractivity contribution in [2.24, 2.45) is 0 Å². The summed E-state index contributed by atoms with van der Waals surface area (Å²) in [5.74, 6) is 1.72. The van der Waals surface area contributed by atoms with E-state index in [4.69, 9.17) is 25.8 Å². The molecule has 112 valence electrons. The molecular weight excluding hydrogens is 294 g/mol. The fourth-order valence-corrected chi connectivity index (χ4v) is 1.89. The van der Waals surface area contributed by atoms with Gasteiger partial charge in [-0.1, -0.05) is 0 Å². The van der Waals surface area contributed by atoms with Crippen molar-refractivity contribution in [2.75, 3.05) is 20.3 Å². The summed E-state index contributed by atoms with van der Waals surface area (Å²) >= 11 is 5.86. The monoisotopic (exact) mass is 309 g/mol. The molecule has 0 amide bonds. The summed E-state index contributed by atoms with van der Waals surface area (Å²) in [7, 11) is 1.47. The number of aromatic nitrogens is 3. The van der Waals surface area contributed by atoms with Gasteiger partial charge in [0.2, 0.25) is 5.28 Å². The van der Waals surface area contributed by atoms with Crippen LogP contribution in [-0.4, -0.2) is 35.3 Å². The van der Waals surface area contributed by atoms with Crippen molar-refractivity contribution in [3.63, 3.8) is 0 Å². The predicted molar refractivity (Wildman–Crippen MR) is 79.2 cm³/mol. The molecule has 0 N–H and O–H groups in total. The standard InChI is InChI=1S/C14H16ClN3O3/c1-4-20-10-7-6-9(8-11(10)21-5-2)12-16-13(15)18-14(17-12)19-3/h6-8H,4-5H2,1-3H3. The lowest BCUT2D eigenvalue weighted by Gasteiger charge is -2.12. The van der Waals surface area contributed by atoms with Gasteiger partial charge in [0.25, 0.3) is 0 Å². The van der Waals surface area contributed by atoms with Crippen molar-refractivity contribution >= 4 is 11.6 Å². The predicted octanol–water partition coefficient (Wildman–Crippen LogP) is 3.00. The third-order valence-corrected chi connectivity index (χ3v) is 2.74. The van der Waals surface area contributed by atoms with Crippen molar-refractivity contribution in [3.05, 3.63) is 23.5 Å². The lowest BCUT2D eigenvalue weighted by atomic mass is 10.2. The zero-order valence-electron chi connectivity index (χ0n) is 12.1. The van der Waals surface area contributed by atoms with Crippen LogP contribution in [0.3, 0.4) is 0 Å². The van der Waals surface area contributed by atoms with Crippen LogP contribution >= 0.6 is 11.6 Å². The maximum Gasteiger partial charge on any atom is 0.321 e. The summed E-state index contributed by atoms with van der Waals surface area (Å²) in [6.45, 7) is 4.92. The highest BCUT2D eigenvalue weighted by molar-refractivity contribution is 6.28. The minimum absolute atomic E-state index is 0.0729. The fraction of sp³-hybridized carbons (Fsp3) is 0.357. The molecule has 0 aliphatic rings. The van der Waals surface area contributed by atoms with E-state index in [1.807, 2.05) is 26.0 Å². The van der Waals surface area contributed by atoms with E-state index in [-0.39, 0.29) is 11.3 Å². The first-order valence-electron chi connectivity index (χ1n) is 6.53.